The average Bonchev–Trinajstić information content (AvgIpc) is 3.31. The van der Waals surface area contributed by atoms with E-state index >= 15 is 0 Å². The first-order chi connectivity index (χ1) is 15.2. The minimum absolute atomic E-state index is 0.0252. The highest BCUT2D eigenvalue weighted by Gasteiger charge is 2.23. The molecule has 1 aromatic heterocycles. The van der Waals surface area contributed by atoms with Crippen molar-refractivity contribution >= 4 is 34.7 Å². The quantitative estimate of drug-likeness (QED) is 0.501. The predicted octanol–water partition coefficient (Wildman–Crippen LogP) is 4.60. The number of tetrazole rings is 1. The van der Waals surface area contributed by atoms with Crippen LogP contribution < -0.4 is 10.2 Å². The molecule has 7 nitrogen and oxygen atoms in total. The molecule has 3 aromatic carbocycles. The first kappa shape index (κ1) is 19.3. The second-order valence-corrected chi connectivity index (χ2v) is 8.33. The fourth-order valence-corrected chi connectivity index (χ4v) is 4.82. The largest absolute Gasteiger partial charge is 0.339 e. The molecule has 31 heavy (non-hydrogen) atoms. The molecule has 154 valence electrons. The number of carbonyl (C=O) groups excluding carboxylic acids is 1. The minimum Gasteiger partial charge on any atom is -0.339 e. The molecule has 1 N–H and O–H groups in total. The number of aryl methyl sites for hydroxylation is 1. The summed E-state index contributed by atoms with van der Waals surface area (Å²) in [6.45, 7) is 2.56. The molecule has 0 saturated carbocycles. The van der Waals surface area contributed by atoms with Gasteiger partial charge in [0.2, 0.25) is 5.91 Å². The molecular weight excluding hydrogens is 408 g/mol. The molecule has 1 aliphatic rings. The zero-order valence-corrected chi connectivity index (χ0v) is 17.7. The first-order valence-electron chi connectivity index (χ1n) is 9.96. The van der Waals surface area contributed by atoms with Gasteiger partial charge in [0.05, 0.1) is 17.1 Å². The Kier molecular flexibility index (Phi) is 5.13. The van der Waals surface area contributed by atoms with E-state index in [2.05, 4.69) is 50.0 Å². The maximum atomic E-state index is 12.7. The van der Waals surface area contributed by atoms with Crippen LogP contribution in [0.25, 0.3) is 5.69 Å². The summed E-state index contributed by atoms with van der Waals surface area (Å²) >= 11 is 1.77. The van der Waals surface area contributed by atoms with Gasteiger partial charge in [0, 0.05) is 28.4 Å². The molecule has 0 unspecified atom stereocenters. The molecule has 0 radical (unpaired) electrons. The van der Waals surface area contributed by atoms with Gasteiger partial charge in [-0.05, 0) is 65.4 Å². The van der Waals surface area contributed by atoms with Gasteiger partial charge in [0.1, 0.15) is 6.33 Å². The highest BCUT2D eigenvalue weighted by Crippen LogP contribution is 2.47. The van der Waals surface area contributed by atoms with Crippen molar-refractivity contribution in [2.24, 2.45) is 0 Å². The maximum Gasteiger partial charge on any atom is 0.226 e. The van der Waals surface area contributed by atoms with E-state index in [-0.39, 0.29) is 5.91 Å². The van der Waals surface area contributed by atoms with Gasteiger partial charge in [0.15, 0.2) is 0 Å². The summed E-state index contributed by atoms with van der Waals surface area (Å²) in [5, 5.41) is 14.3. The Bertz CT molecular complexity index is 1200. The van der Waals surface area contributed by atoms with Crippen molar-refractivity contribution in [3.63, 3.8) is 0 Å². The lowest BCUT2D eigenvalue weighted by molar-refractivity contribution is -0.116. The molecule has 0 aliphatic carbocycles. The number of hydrogen-bond donors (Lipinski definition) is 1. The van der Waals surface area contributed by atoms with E-state index in [1.165, 1.54) is 9.79 Å². The molecule has 2 heterocycles. The monoisotopic (exact) mass is 428 g/mol. The topological polar surface area (TPSA) is 75.9 Å². The number of nitrogens with one attached hydrogen (secondary N) is 1. The van der Waals surface area contributed by atoms with Crippen LogP contribution in [0.4, 0.5) is 17.1 Å². The molecule has 0 fully saturated rings. The molecule has 0 spiro atoms. The highest BCUT2D eigenvalue weighted by atomic mass is 32.2. The highest BCUT2D eigenvalue weighted by molar-refractivity contribution is 7.99. The van der Waals surface area contributed by atoms with Crippen LogP contribution in [0.1, 0.15) is 12.0 Å². The van der Waals surface area contributed by atoms with Crippen molar-refractivity contribution in [1.29, 1.82) is 0 Å². The van der Waals surface area contributed by atoms with Crippen molar-refractivity contribution in [3.8, 4) is 5.69 Å². The Morgan fingerprint density at radius 3 is 2.32 bits per heavy atom. The third-order valence-electron chi connectivity index (χ3n) is 5.17. The number of nitrogens with zero attached hydrogens (tertiary/aromatic N) is 5. The number of para-hydroxylation sites is 2. The smallest absolute Gasteiger partial charge is 0.226 e. The summed E-state index contributed by atoms with van der Waals surface area (Å²) in [7, 11) is 0. The standard InChI is InChI=1S/C23H20N6OS/c1-16-14-17(10-11-18(16)29-15-24-26-27-29)25-23(30)12-13-28-19-6-2-4-8-21(19)31-22-9-5-3-7-20(22)28/h2-11,14-15H,12-13H2,1H3,(H,25,30). The summed E-state index contributed by atoms with van der Waals surface area (Å²) in [6.07, 6.45) is 1.92. The van der Waals surface area contributed by atoms with Gasteiger partial charge in [-0.15, -0.1) is 5.10 Å². The molecule has 1 aliphatic heterocycles. The number of amides is 1. The van der Waals surface area contributed by atoms with E-state index in [0.29, 0.717) is 13.0 Å². The van der Waals surface area contributed by atoms with Crippen LogP contribution in [-0.4, -0.2) is 32.7 Å². The van der Waals surface area contributed by atoms with Gasteiger partial charge in [-0.25, -0.2) is 4.68 Å². The van der Waals surface area contributed by atoms with E-state index in [0.717, 1.165) is 28.3 Å². The lowest BCUT2D eigenvalue weighted by Gasteiger charge is -2.32. The Labute approximate surface area is 184 Å². The van der Waals surface area contributed by atoms with Gasteiger partial charge in [-0.2, -0.15) is 0 Å². The molecule has 4 aromatic rings. The van der Waals surface area contributed by atoms with Crippen LogP contribution in [0.5, 0.6) is 0 Å². The van der Waals surface area contributed by atoms with Gasteiger partial charge >= 0.3 is 0 Å². The second kappa shape index (κ2) is 8.23. The van der Waals surface area contributed by atoms with E-state index < -0.39 is 0 Å². The van der Waals surface area contributed by atoms with E-state index in [9.17, 15) is 4.79 Å². The van der Waals surface area contributed by atoms with Crippen LogP contribution in [0, 0.1) is 6.92 Å². The maximum absolute atomic E-state index is 12.7. The van der Waals surface area contributed by atoms with Gasteiger partial charge in [0.25, 0.3) is 0 Å². The number of aromatic nitrogens is 4. The fourth-order valence-electron chi connectivity index (χ4n) is 3.72. The summed E-state index contributed by atoms with van der Waals surface area (Å²) < 4.78 is 1.60. The molecule has 5 rings (SSSR count). The Hall–Kier alpha value is -3.65. The molecule has 8 heteroatoms. The third-order valence-corrected chi connectivity index (χ3v) is 6.30. The zero-order valence-electron chi connectivity index (χ0n) is 16.9. The van der Waals surface area contributed by atoms with Crippen molar-refractivity contribution in [2.75, 3.05) is 16.8 Å². The Morgan fingerprint density at radius 1 is 0.968 bits per heavy atom. The number of rotatable bonds is 5. The van der Waals surface area contributed by atoms with Crippen molar-refractivity contribution in [2.45, 2.75) is 23.1 Å². The van der Waals surface area contributed by atoms with Crippen LogP contribution in [0.2, 0.25) is 0 Å². The minimum atomic E-state index is -0.0252. The first-order valence-corrected chi connectivity index (χ1v) is 10.8. The molecule has 1 amide bonds. The van der Waals surface area contributed by atoms with Crippen molar-refractivity contribution < 1.29 is 4.79 Å². The fraction of sp³-hybridized carbons (Fsp3) is 0.130. The summed E-state index contributed by atoms with van der Waals surface area (Å²) in [6, 6.07) is 22.3. The lowest BCUT2D eigenvalue weighted by Crippen LogP contribution is -2.25. The number of carbonyl (C=O) groups is 1. The molecular formula is C23H20N6OS. The van der Waals surface area contributed by atoms with E-state index in [1.807, 2.05) is 49.4 Å². The lowest BCUT2D eigenvalue weighted by atomic mass is 10.1. The van der Waals surface area contributed by atoms with Gasteiger partial charge in [-0.3, -0.25) is 4.79 Å². The Balaban J connectivity index is 1.30. The number of fused-ring (bicyclic) bond motifs is 2. The van der Waals surface area contributed by atoms with Gasteiger partial charge in [-0.1, -0.05) is 36.0 Å². The molecule has 0 bridgehead atoms. The van der Waals surface area contributed by atoms with E-state index in [4.69, 9.17) is 0 Å². The predicted molar refractivity (Wildman–Crippen MR) is 121 cm³/mol. The normalized spacial score (nSPS) is 12.2. The van der Waals surface area contributed by atoms with E-state index in [1.54, 1.807) is 22.8 Å². The SMILES string of the molecule is Cc1cc(NC(=O)CCN2c3ccccc3Sc3ccccc32)ccc1-n1cnnn1. The Morgan fingerprint density at radius 2 is 1.68 bits per heavy atom. The number of hydrogen-bond acceptors (Lipinski definition) is 6. The summed E-state index contributed by atoms with van der Waals surface area (Å²) in [5.41, 5.74) is 4.89. The van der Waals surface area contributed by atoms with Gasteiger partial charge < -0.3 is 10.2 Å². The number of benzene rings is 3. The third kappa shape index (κ3) is 3.89. The van der Waals surface area contributed by atoms with Crippen molar-refractivity contribution in [3.05, 3.63) is 78.6 Å². The van der Waals surface area contributed by atoms with Crippen LogP contribution >= 0.6 is 11.8 Å². The molecule has 0 atom stereocenters. The zero-order chi connectivity index (χ0) is 21.2. The van der Waals surface area contributed by atoms with Crippen LogP contribution in [0.3, 0.4) is 0 Å². The van der Waals surface area contributed by atoms with Crippen LogP contribution in [-0.2, 0) is 4.79 Å². The number of anilines is 3. The summed E-state index contributed by atoms with van der Waals surface area (Å²) in [5.74, 6) is -0.0252. The second-order valence-electron chi connectivity index (χ2n) is 7.24. The van der Waals surface area contributed by atoms with Crippen molar-refractivity contribution in [1.82, 2.24) is 20.2 Å². The van der Waals surface area contributed by atoms with Crippen LogP contribution in [0.15, 0.2) is 82.8 Å². The average molecular weight is 429 g/mol. The summed E-state index contributed by atoms with van der Waals surface area (Å²) in [4.78, 5) is 17.4. The molecule has 0 saturated heterocycles.